The summed E-state index contributed by atoms with van der Waals surface area (Å²) in [5.74, 6) is 0.0795. The fourth-order valence-corrected chi connectivity index (χ4v) is 1.10. The first-order valence-corrected chi connectivity index (χ1v) is 4.51. The monoisotopic (exact) mass is 231 g/mol. The molecule has 0 aromatic carbocycles. The quantitative estimate of drug-likeness (QED) is 0.783. The molecule has 0 aliphatic carbocycles. The van der Waals surface area contributed by atoms with Crippen molar-refractivity contribution in [2.45, 2.75) is 13.0 Å². The minimum Gasteiger partial charge on any atom is -0.392 e. The molecule has 1 heterocycles. The summed E-state index contributed by atoms with van der Waals surface area (Å²) in [5.41, 5.74) is 4.28. The number of aryl methyl sites for hydroxylation is 1. The summed E-state index contributed by atoms with van der Waals surface area (Å²) in [6.07, 6.45) is -0.654. The summed E-state index contributed by atoms with van der Waals surface area (Å²) >= 11 is 0. The smallest absolute Gasteiger partial charge is 0.349 e. The van der Waals surface area contributed by atoms with Crippen LogP contribution in [-0.2, 0) is 6.54 Å². The highest BCUT2D eigenvalue weighted by atomic mass is 19.3. The zero-order valence-electron chi connectivity index (χ0n) is 8.36. The number of halogens is 2. The molecule has 0 saturated carbocycles. The van der Waals surface area contributed by atoms with Gasteiger partial charge in [0.25, 0.3) is 6.08 Å². The third kappa shape index (κ3) is 3.13. The molecular weight excluding hydrogens is 220 g/mol. The van der Waals surface area contributed by atoms with Gasteiger partial charge in [-0.1, -0.05) is 0 Å². The average Bonchev–Trinajstić information content (AvgIpc) is 2.21. The Balaban J connectivity index is 2.76. The first kappa shape index (κ1) is 12.3. The van der Waals surface area contributed by atoms with Gasteiger partial charge in [-0.15, -0.1) is 0 Å². The van der Waals surface area contributed by atoms with Crippen molar-refractivity contribution < 1.29 is 13.9 Å². The predicted molar refractivity (Wildman–Crippen MR) is 53.9 cm³/mol. The van der Waals surface area contributed by atoms with E-state index in [1.807, 2.05) is 0 Å². The molecule has 16 heavy (non-hydrogen) atoms. The molecule has 0 spiro atoms. The molecule has 0 fully saturated rings. The van der Waals surface area contributed by atoms with Gasteiger partial charge in [-0.2, -0.15) is 13.8 Å². The molecule has 0 atom stereocenters. The standard InChI is InChI=1S/C9H11F2N3O2/c10-8(11)6(5-15)1-3-14-4-2-7(12)13-9(14)16/h2,4,15H,1,3,5H2,(H2,12,13,16). The molecule has 7 heteroatoms. The molecule has 0 radical (unpaired) electrons. The van der Waals surface area contributed by atoms with E-state index in [0.29, 0.717) is 0 Å². The van der Waals surface area contributed by atoms with Gasteiger partial charge in [0.15, 0.2) is 0 Å². The number of anilines is 1. The lowest BCUT2D eigenvalue weighted by Crippen LogP contribution is -2.23. The molecule has 0 unspecified atom stereocenters. The van der Waals surface area contributed by atoms with Gasteiger partial charge in [-0.05, 0) is 12.5 Å². The topological polar surface area (TPSA) is 81.1 Å². The minimum absolute atomic E-state index is 0.0271. The minimum atomic E-state index is -1.92. The summed E-state index contributed by atoms with van der Waals surface area (Å²) < 4.78 is 25.5. The summed E-state index contributed by atoms with van der Waals surface area (Å²) in [6.45, 7) is -0.696. The highest BCUT2D eigenvalue weighted by Gasteiger charge is 2.06. The van der Waals surface area contributed by atoms with E-state index in [4.69, 9.17) is 10.8 Å². The Labute approximate surface area is 89.8 Å². The second-order valence-corrected chi connectivity index (χ2v) is 3.10. The third-order valence-corrected chi connectivity index (χ3v) is 2.01. The van der Waals surface area contributed by atoms with Crippen LogP contribution < -0.4 is 11.4 Å². The molecule has 88 valence electrons. The van der Waals surface area contributed by atoms with Crippen LogP contribution >= 0.6 is 0 Å². The van der Waals surface area contributed by atoms with Gasteiger partial charge in [0.05, 0.1) is 6.61 Å². The van der Waals surface area contributed by atoms with Crippen LogP contribution in [0.25, 0.3) is 0 Å². The number of aromatic nitrogens is 2. The number of rotatable bonds is 4. The van der Waals surface area contributed by atoms with Crippen molar-refractivity contribution in [2.24, 2.45) is 0 Å². The van der Waals surface area contributed by atoms with Crippen molar-refractivity contribution in [2.75, 3.05) is 12.3 Å². The maximum atomic E-state index is 12.2. The highest BCUT2D eigenvalue weighted by Crippen LogP contribution is 2.11. The number of nitrogens with zero attached hydrogens (tertiary/aromatic N) is 2. The van der Waals surface area contributed by atoms with Crippen LogP contribution in [0.5, 0.6) is 0 Å². The summed E-state index contributed by atoms with van der Waals surface area (Å²) in [6, 6.07) is 1.40. The SMILES string of the molecule is Nc1ccn(CCC(CO)=C(F)F)c(=O)n1. The Morgan fingerprint density at radius 3 is 2.75 bits per heavy atom. The fraction of sp³-hybridized carbons (Fsp3) is 0.333. The average molecular weight is 231 g/mol. The van der Waals surface area contributed by atoms with Crippen LogP contribution in [-0.4, -0.2) is 21.3 Å². The van der Waals surface area contributed by atoms with Crippen LogP contribution in [0.15, 0.2) is 28.7 Å². The zero-order chi connectivity index (χ0) is 12.1. The largest absolute Gasteiger partial charge is 0.392 e. The third-order valence-electron chi connectivity index (χ3n) is 2.01. The van der Waals surface area contributed by atoms with Gasteiger partial charge in [-0.3, -0.25) is 4.57 Å². The normalized spacial score (nSPS) is 10.2. The van der Waals surface area contributed by atoms with Crippen molar-refractivity contribution in [3.8, 4) is 0 Å². The lowest BCUT2D eigenvalue weighted by molar-refractivity contribution is 0.303. The second kappa shape index (κ2) is 5.36. The molecule has 0 bridgehead atoms. The lowest BCUT2D eigenvalue weighted by Gasteiger charge is -2.05. The van der Waals surface area contributed by atoms with E-state index in [-0.39, 0.29) is 24.4 Å². The van der Waals surface area contributed by atoms with E-state index in [0.717, 1.165) is 4.57 Å². The Bertz CT molecular complexity index is 452. The molecule has 0 amide bonds. The zero-order valence-corrected chi connectivity index (χ0v) is 8.36. The Kier molecular flexibility index (Phi) is 4.12. The van der Waals surface area contributed by atoms with E-state index in [9.17, 15) is 13.6 Å². The first-order chi connectivity index (χ1) is 7.54. The molecule has 1 aromatic heterocycles. The van der Waals surface area contributed by atoms with E-state index < -0.39 is 18.4 Å². The van der Waals surface area contributed by atoms with Gasteiger partial charge < -0.3 is 10.8 Å². The molecule has 1 aromatic rings. The van der Waals surface area contributed by atoms with E-state index in [1.165, 1.54) is 12.3 Å². The Hall–Kier alpha value is -1.76. The van der Waals surface area contributed by atoms with Crippen LogP contribution in [0, 0.1) is 0 Å². The summed E-state index contributed by atoms with van der Waals surface area (Å²) in [4.78, 5) is 14.7. The number of nitrogens with two attached hydrogens (primary N) is 1. The maximum absolute atomic E-state index is 12.2. The van der Waals surface area contributed by atoms with Crippen molar-refractivity contribution in [1.82, 2.24) is 9.55 Å². The van der Waals surface area contributed by atoms with Crippen LogP contribution in [0.2, 0.25) is 0 Å². The highest BCUT2D eigenvalue weighted by molar-refractivity contribution is 5.23. The van der Waals surface area contributed by atoms with Gasteiger partial charge >= 0.3 is 5.69 Å². The van der Waals surface area contributed by atoms with Crippen molar-refractivity contribution in [1.29, 1.82) is 0 Å². The molecule has 1 rings (SSSR count). The van der Waals surface area contributed by atoms with Gasteiger partial charge in [0.2, 0.25) is 0 Å². The lowest BCUT2D eigenvalue weighted by atomic mass is 10.2. The molecule has 0 saturated heterocycles. The van der Waals surface area contributed by atoms with Crippen molar-refractivity contribution in [3.05, 3.63) is 34.4 Å². The predicted octanol–water partition coefficient (Wildman–Crippen LogP) is 0.358. The van der Waals surface area contributed by atoms with Crippen LogP contribution in [0.3, 0.4) is 0 Å². The Morgan fingerprint density at radius 2 is 2.25 bits per heavy atom. The molecule has 3 N–H and O–H groups in total. The number of aliphatic hydroxyl groups is 1. The van der Waals surface area contributed by atoms with Crippen molar-refractivity contribution in [3.63, 3.8) is 0 Å². The molecule has 0 aliphatic heterocycles. The first-order valence-electron chi connectivity index (χ1n) is 4.51. The van der Waals surface area contributed by atoms with E-state index in [2.05, 4.69) is 4.98 Å². The summed E-state index contributed by atoms with van der Waals surface area (Å²) in [5, 5.41) is 8.63. The number of hydrogen-bond acceptors (Lipinski definition) is 4. The van der Waals surface area contributed by atoms with Gasteiger partial charge in [0, 0.05) is 18.3 Å². The van der Waals surface area contributed by atoms with Crippen LogP contribution in [0.1, 0.15) is 6.42 Å². The second-order valence-electron chi connectivity index (χ2n) is 3.10. The maximum Gasteiger partial charge on any atom is 0.349 e. The number of aliphatic hydroxyl groups excluding tert-OH is 1. The molecule has 0 aliphatic rings. The fourth-order valence-electron chi connectivity index (χ4n) is 1.10. The van der Waals surface area contributed by atoms with Crippen LogP contribution in [0.4, 0.5) is 14.6 Å². The van der Waals surface area contributed by atoms with Gasteiger partial charge in [0.1, 0.15) is 5.82 Å². The van der Waals surface area contributed by atoms with Crippen molar-refractivity contribution >= 4 is 5.82 Å². The number of hydrogen-bond donors (Lipinski definition) is 2. The van der Waals surface area contributed by atoms with E-state index in [1.54, 1.807) is 0 Å². The van der Waals surface area contributed by atoms with Gasteiger partial charge in [-0.25, -0.2) is 4.79 Å². The molecule has 5 nitrogen and oxygen atoms in total. The Morgan fingerprint density at radius 1 is 1.56 bits per heavy atom. The summed E-state index contributed by atoms with van der Waals surface area (Å²) in [7, 11) is 0. The number of nitrogen functional groups attached to an aromatic ring is 1. The van der Waals surface area contributed by atoms with E-state index >= 15 is 0 Å². The molecular formula is C9H11F2N3O2.